The SMILES string of the molecule is COc1ccc(-n2nc([C@H]3CCCN(CCc4ccc(C(F)(F)F)cc4)C3)[nH]c2=O)cc1. The molecule has 2 aromatic carbocycles. The maximum atomic E-state index is 12.7. The van der Waals surface area contributed by atoms with E-state index in [4.69, 9.17) is 4.74 Å². The van der Waals surface area contributed by atoms with Crippen LogP contribution >= 0.6 is 0 Å². The fourth-order valence-corrected chi connectivity index (χ4v) is 4.05. The van der Waals surface area contributed by atoms with Gasteiger partial charge in [0.05, 0.1) is 18.4 Å². The van der Waals surface area contributed by atoms with Crippen LogP contribution in [0.15, 0.2) is 53.3 Å². The average Bonchev–Trinajstić information content (AvgIpc) is 3.19. The minimum Gasteiger partial charge on any atom is -0.497 e. The Morgan fingerprint density at radius 3 is 2.50 bits per heavy atom. The van der Waals surface area contributed by atoms with Crippen molar-refractivity contribution in [2.75, 3.05) is 26.7 Å². The zero-order valence-corrected chi connectivity index (χ0v) is 17.7. The number of nitrogens with one attached hydrogen (secondary N) is 1. The first kappa shape index (κ1) is 22.1. The van der Waals surface area contributed by atoms with Gasteiger partial charge in [-0.05, 0) is 67.8 Å². The molecule has 0 aliphatic carbocycles. The first-order chi connectivity index (χ1) is 15.3. The van der Waals surface area contributed by atoms with Gasteiger partial charge >= 0.3 is 11.9 Å². The van der Waals surface area contributed by atoms with E-state index in [0.29, 0.717) is 23.7 Å². The first-order valence-electron chi connectivity index (χ1n) is 10.6. The minimum absolute atomic E-state index is 0.101. The molecule has 0 amide bonds. The van der Waals surface area contributed by atoms with Crippen molar-refractivity contribution in [3.8, 4) is 11.4 Å². The van der Waals surface area contributed by atoms with Gasteiger partial charge in [0.2, 0.25) is 0 Å². The third kappa shape index (κ3) is 5.04. The van der Waals surface area contributed by atoms with Gasteiger partial charge in [-0.25, -0.2) is 4.79 Å². The molecule has 4 rings (SSSR count). The number of halogens is 3. The predicted molar refractivity (Wildman–Crippen MR) is 114 cm³/mol. The second-order valence-corrected chi connectivity index (χ2v) is 8.01. The van der Waals surface area contributed by atoms with Crippen LogP contribution < -0.4 is 10.4 Å². The van der Waals surface area contributed by atoms with Crippen LogP contribution in [0.3, 0.4) is 0 Å². The van der Waals surface area contributed by atoms with Crippen LogP contribution in [0.4, 0.5) is 13.2 Å². The molecule has 0 saturated carbocycles. The molecule has 2 heterocycles. The zero-order chi connectivity index (χ0) is 22.7. The van der Waals surface area contributed by atoms with Gasteiger partial charge in [-0.15, -0.1) is 5.10 Å². The maximum absolute atomic E-state index is 12.7. The standard InChI is InChI=1S/C23H25F3N4O2/c1-32-20-10-8-19(9-11-20)30-22(31)27-21(28-30)17-3-2-13-29(15-17)14-12-16-4-6-18(7-5-16)23(24,25)26/h4-11,17H,2-3,12-15H2,1H3,(H,27,28,31)/t17-/m0/s1. The number of hydrogen-bond donors (Lipinski definition) is 1. The van der Waals surface area contributed by atoms with Gasteiger partial charge in [0, 0.05) is 19.0 Å². The molecule has 1 atom stereocenters. The van der Waals surface area contributed by atoms with Gasteiger partial charge in [-0.1, -0.05) is 12.1 Å². The molecule has 1 aliphatic rings. The number of benzene rings is 2. The number of alkyl halides is 3. The summed E-state index contributed by atoms with van der Waals surface area (Å²) in [4.78, 5) is 17.6. The number of ether oxygens (including phenoxy) is 1. The van der Waals surface area contributed by atoms with Crippen LogP contribution in [0.1, 0.15) is 35.7 Å². The number of rotatable bonds is 6. The smallest absolute Gasteiger partial charge is 0.416 e. The average molecular weight is 446 g/mol. The van der Waals surface area contributed by atoms with Crippen LogP contribution in [-0.4, -0.2) is 46.4 Å². The van der Waals surface area contributed by atoms with E-state index in [1.807, 2.05) is 0 Å². The molecular formula is C23H25F3N4O2. The van der Waals surface area contributed by atoms with E-state index in [2.05, 4.69) is 15.0 Å². The van der Waals surface area contributed by atoms with Crippen LogP contribution in [0, 0.1) is 0 Å². The molecule has 6 nitrogen and oxygen atoms in total. The largest absolute Gasteiger partial charge is 0.497 e. The normalized spacial score (nSPS) is 17.4. The Morgan fingerprint density at radius 2 is 1.84 bits per heavy atom. The van der Waals surface area contributed by atoms with Crippen molar-refractivity contribution < 1.29 is 17.9 Å². The summed E-state index contributed by atoms with van der Waals surface area (Å²) in [6, 6.07) is 12.5. The van der Waals surface area contributed by atoms with Gasteiger partial charge in [-0.3, -0.25) is 4.98 Å². The summed E-state index contributed by atoms with van der Waals surface area (Å²) < 4.78 is 44.7. The molecular weight excluding hydrogens is 421 g/mol. The second kappa shape index (κ2) is 9.20. The van der Waals surface area contributed by atoms with Gasteiger partial charge in [0.25, 0.3) is 0 Å². The summed E-state index contributed by atoms with van der Waals surface area (Å²) in [5, 5.41) is 4.52. The Morgan fingerprint density at radius 1 is 1.12 bits per heavy atom. The molecule has 0 bridgehead atoms. The van der Waals surface area contributed by atoms with Crippen molar-refractivity contribution in [1.82, 2.24) is 19.7 Å². The molecule has 0 radical (unpaired) electrons. The van der Waals surface area contributed by atoms with Crippen LogP contribution in [0.2, 0.25) is 0 Å². The van der Waals surface area contributed by atoms with E-state index in [1.165, 1.54) is 16.8 Å². The number of H-pyrrole nitrogens is 1. The topological polar surface area (TPSA) is 63.1 Å². The van der Waals surface area contributed by atoms with Crippen LogP contribution in [0.25, 0.3) is 5.69 Å². The van der Waals surface area contributed by atoms with E-state index in [-0.39, 0.29) is 11.6 Å². The second-order valence-electron chi connectivity index (χ2n) is 8.01. The molecule has 1 aliphatic heterocycles. The van der Waals surface area contributed by atoms with E-state index in [0.717, 1.165) is 50.2 Å². The lowest BCUT2D eigenvalue weighted by Gasteiger charge is -2.31. The molecule has 0 spiro atoms. The molecule has 1 fully saturated rings. The predicted octanol–water partition coefficient (Wildman–Crippen LogP) is 4.01. The lowest BCUT2D eigenvalue weighted by molar-refractivity contribution is -0.137. The fourth-order valence-electron chi connectivity index (χ4n) is 4.05. The lowest BCUT2D eigenvalue weighted by atomic mass is 9.97. The highest BCUT2D eigenvalue weighted by Gasteiger charge is 2.30. The van der Waals surface area contributed by atoms with E-state index < -0.39 is 11.7 Å². The lowest BCUT2D eigenvalue weighted by Crippen LogP contribution is -2.36. The summed E-state index contributed by atoms with van der Waals surface area (Å²) in [5.41, 5.74) is 0.619. The number of likely N-dealkylation sites (tertiary alicyclic amines) is 1. The van der Waals surface area contributed by atoms with E-state index in [9.17, 15) is 18.0 Å². The maximum Gasteiger partial charge on any atom is 0.416 e. The van der Waals surface area contributed by atoms with Gasteiger partial charge < -0.3 is 9.64 Å². The van der Waals surface area contributed by atoms with E-state index in [1.54, 1.807) is 31.4 Å². The molecule has 1 N–H and O–H groups in total. The number of piperidine rings is 1. The molecule has 9 heteroatoms. The van der Waals surface area contributed by atoms with Crippen molar-refractivity contribution in [2.24, 2.45) is 0 Å². The molecule has 32 heavy (non-hydrogen) atoms. The van der Waals surface area contributed by atoms with Gasteiger partial charge in [0.15, 0.2) is 0 Å². The summed E-state index contributed by atoms with van der Waals surface area (Å²) in [5.74, 6) is 1.46. The van der Waals surface area contributed by atoms with Gasteiger partial charge in [-0.2, -0.15) is 17.9 Å². The minimum atomic E-state index is -4.31. The Labute approximate surface area is 183 Å². The Bertz CT molecular complexity index is 1090. The van der Waals surface area contributed by atoms with Crippen LogP contribution in [-0.2, 0) is 12.6 Å². The summed E-state index contributed by atoms with van der Waals surface area (Å²) in [6.45, 7) is 2.40. The highest BCUT2D eigenvalue weighted by atomic mass is 19.4. The number of methoxy groups -OCH3 is 1. The number of nitrogens with zero attached hydrogens (tertiary/aromatic N) is 3. The number of hydrogen-bond acceptors (Lipinski definition) is 4. The quantitative estimate of drug-likeness (QED) is 0.622. The molecule has 3 aromatic rings. The number of aromatic nitrogens is 3. The van der Waals surface area contributed by atoms with Gasteiger partial charge in [0.1, 0.15) is 11.6 Å². The Kier molecular flexibility index (Phi) is 6.36. The Hall–Kier alpha value is -3.07. The summed E-state index contributed by atoms with van der Waals surface area (Å²) >= 11 is 0. The Balaban J connectivity index is 1.39. The third-order valence-corrected chi connectivity index (χ3v) is 5.84. The van der Waals surface area contributed by atoms with Crippen molar-refractivity contribution in [2.45, 2.75) is 31.4 Å². The number of aromatic amines is 1. The highest BCUT2D eigenvalue weighted by molar-refractivity contribution is 5.36. The first-order valence-corrected chi connectivity index (χ1v) is 10.6. The van der Waals surface area contributed by atoms with Crippen LogP contribution in [0.5, 0.6) is 5.75 Å². The summed E-state index contributed by atoms with van der Waals surface area (Å²) in [6.07, 6.45) is -1.76. The highest BCUT2D eigenvalue weighted by Crippen LogP contribution is 2.29. The van der Waals surface area contributed by atoms with E-state index >= 15 is 0 Å². The summed E-state index contributed by atoms with van der Waals surface area (Å²) in [7, 11) is 1.58. The molecule has 170 valence electrons. The van der Waals surface area contributed by atoms with Crippen molar-refractivity contribution >= 4 is 0 Å². The monoisotopic (exact) mass is 446 g/mol. The van der Waals surface area contributed by atoms with Crippen molar-refractivity contribution in [3.63, 3.8) is 0 Å². The molecule has 0 unspecified atom stereocenters. The molecule has 1 saturated heterocycles. The fraction of sp³-hybridized carbons (Fsp3) is 0.391. The van der Waals surface area contributed by atoms with Crippen molar-refractivity contribution in [3.05, 3.63) is 76.0 Å². The zero-order valence-electron chi connectivity index (χ0n) is 17.7. The molecule has 1 aromatic heterocycles. The van der Waals surface area contributed by atoms with Crippen molar-refractivity contribution in [1.29, 1.82) is 0 Å². The third-order valence-electron chi connectivity index (χ3n) is 5.84.